The lowest BCUT2D eigenvalue weighted by Crippen LogP contribution is -2.30. The summed E-state index contributed by atoms with van der Waals surface area (Å²) < 4.78 is 1.61. The summed E-state index contributed by atoms with van der Waals surface area (Å²) in [5.41, 5.74) is 2.02. The number of amides is 1. The van der Waals surface area contributed by atoms with Gasteiger partial charge in [-0.15, -0.1) is 0 Å². The maximum atomic E-state index is 12.7. The number of halogens is 1. The lowest BCUT2D eigenvalue weighted by Gasteiger charge is -2.19. The van der Waals surface area contributed by atoms with Crippen LogP contribution in [0.3, 0.4) is 0 Å². The standard InChI is InChI=1S/C21H21ClN4O2S/c1-2-25(18-14-26(24-21(18)22)17-9-6-11-23-13-17)20(28)10-12-29-15-19(27)16-7-4-3-5-8-16/h3-9,11,13-14H,2,10,12,15H2,1H3. The van der Waals surface area contributed by atoms with Crippen LogP contribution in [-0.4, -0.2) is 44.5 Å². The minimum Gasteiger partial charge on any atom is -0.308 e. The monoisotopic (exact) mass is 428 g/mol. The van der Waals surface area contributed by atoms with Crippen molar-refractivity contribution in [3.63, 3.8) is 0 Å². The summed E-state index contributed by atoms with van der Waals surface area (Å²) in [6.45, 7) is 2.37. The zero-order valence-corrected chi connectivity index (χ0v) is 17.6. The Morgan fingerprint density at radius 1 is 1.17 bits per heavy atom. The molecular formula is C21H21ClN4O2S. The van der Waals surface area contributed by atoms with Crippen LogP contribution in [0.5, 0.6) is 0 Å². The number of ketones is 1. The van der Waals surface area contributed by atoms with E-state index in [0.29, 0.717) is 35.7 Å². The average Bonchev–Trinajstić information content (AvgIpc) is 3.14. The van der Waals surface area contributed by atoms with Gasteiger partial charge in [0.25, 0.3) is 0 Å². The van der Waals surface area contributed by atoms with Crippen molar-refractivity contribution in [2.75, 3.05) is 23.0 Å². The number of carbonyl (C=O) groups excluding carboxylic acids is 2. The molecule has 2 aromatic heterocycles. The summed E-state index contributed by atoms with van der Waals surface area (Å²) in [6, 6.07) is 12.8. The van der Waals surface area contributed by atoms with Crippen LogP contribution in [0.25, 0.3) is 5.69 Å². The van der Waals surface area contributed by atoms with E-state index in [9.17, 15) is 9.59 Å². The number of hydrogen-bond donors (Lipinski definition) is 0. The Balaban J connectivity index is 1.57. The number of hydrogen-bond acceptors (Lipinski definition) is 5. The van der Waals surface area contributed by atoms with Gasteiger partial charge in [-0.2, -0.15) is 16.9 Å². The molecule has 0 aliphatic rings. The largest absolute Gasteiger partial charge is 0.308 e. The Hall–Kier alpha value is -2.64. The van der Waals surface area contributed by atoms with Crippen molar-refractivity contribution >= 4 is 40.7 Å². The fourth-order valence-electron chi connectivity index (χ4n) is 2.79. The van der Waals surface area contributed by atoms with Gasteiger partial charge in [0.05, 0.1) is 23.8 Å². The van der Waals surface area contributed by atoms with E-state index in [2.05, 4.69) is 10.1 Å². The summed E-state index contributed by atoms with van der Waals surface area (Å²) in [7, 11) is 0. The molecule has 3 rings (SSSR count). The third-order valence-electron chi connectivity index (χ3n) is 4.26. The zero-order chi connectivity index (χ0) is 20.6. The third kappa shape index (κ3) is 5.46. The molecule has 2 heterocycles. The Morgan fingerprint density at radius 2 is 1.97 bits per heavy atom. The topological polar surface area (TPSA) is 68.1 Å². The maximum Gasteiger partial charge on any atom is 0.227 e. The van der Waals surface area contributed by atoms with Crippen LogP contribution in [0, 0.1) is 0 Å². The van der Waals surface area contributed by atoms with Crippen LogP contribution >= 0.6 is 23.4 Å². The minimum atomic E-state index is -0.0557. The molecule has 0 N–H and O–H groups in total. The number of rotatable bonds is 9. The fourth-order valence-corrected chi connectivity index (χ4v) is 3.84. The Kier molecular flexibility index (Phi) is 7.43. The van der Waals surface area contributed by atoms with Crippen LogP contribution in [0.15, 0.2) is 61.1 Å². The van der Waals surface area contributed by atoms with E-state index < -0.39 is 0 Å². The Morgan fingerprint density at radius 3 is 2.66 bits per heavy atom. The van der Waals surface area contributed by atoms with Crippen molar-refractivity contribution in [1.29, 1.82) is 0 Å². The molecule has 6 nitrogen and oxygen atoms in total. The van der Waals surface area contributed by atoms with Gasteiger partial charge in [0.15, 0.2) is 10.9 Å². The van der Waals surface area contributed by atoms with E-state index in [-0.39, 0.29) is 16.8 Å². The first-order chi connectivity index (χ1) is 14.1. The van der Waals surface area contributed by atoms with Crippen LogP contribution in [-0.2, 0) is 4.79 Å². The molecule has 8 heteroatoms. The number of thioether (sulfide) groups is 1. The lowest BCUT2D eigenvalue weighted by molar-refractivity contribution is -0.118. The molecule has 1 amide bonds. The summed E-state index contributed by atoms with van der Waals surface area (Å²) in [5.74, 6) is 0.918. The fraction of sp³-hybridized carbons (Fsp3) is 0.238. The molecule has 0 aliphatic carbocycles. The van der Waals surface area contributed by atoms with E-state index in [4.69, 9.17) is 11.6 Å². The highest BCUT2D eigenvalue weighted by Crippen LogP contribution is 2.26. The summed E-state index contributed by atoms with van der Waals surface area (Å²) in [5, 5.41) is 4.54. The molecule has 0 saturated heterocycles. The SMILES string of the molecule is CCN(C(=O)CCSCC(=O)c1ccccc1)c1cn(-c2cccnc2)nc1Cl. The van der Waals surface area contributed by atoms with Gasteiger partial charge in [0.1, 0.15) is 5.69 Å². The highest BCUT2D eigenvalue weighted by Gasteiger charge is 2.20. The second-order valence-corrected chi connectivity index (χ2v) is 7.65. The predicted octanol–water partition coefficient (Wildman–Crippen LogP) is 4.28. The molecule has 150 valence electrons. The lowest BCUT2D eigenvalue weighted by atomic mass is 10.2. The second-order valence-electron chi connectivity index (χ2n) is 6.19. The number of aromatic nitrogens is 3. The number of benzene rings is 1. The molecule has 0 fully saturated rings. The predicted molar refractivity (Wildman–Crippen MR) is 117 cm³/mol. The average molecular weight is 429 g/mol. The molecule has 0 atom stereocenters. The van der Waals surface area contributed by atoms with Gasteiger partial charge in [-0.3, -0.25) is 14.6 Å². The number of Topliss-reactive ketones (excluding diaryl/α,β-unsaturated/α-hetero) is 1. The van der Waals surface area contributed by atoms with Gasteiger partial charge >= 0.3 is 0 Å². The second kappa shape index (κ2) is 10.2. The van der Waals surface area contributed by atoms with E-state index in [1.165, 1.54) is 11.8 Å². The van der Waals surface area contributed by atoms with Gasteiger partial charge in [-0.05, 0) is 19.1 Å². The smallest absolute Gasteiger partial charge is 0.227 e. The normalized spacial score (nSPS) is 10.7. The first-order valence-corrected chi connectivity index (χ1v) is 10.8. The molecule has 0 aliphatic heterocycles. The van der Waals surface area contributed by atoms with Crippen LogP contribution in [0.4, 0.5) is 5.69 Å². The zero-order valence-electron chi connectivity index (χ0n) is 16.0. The summed E-state index contributed by atoms with van der Waals surface area (Å²) >= 11 is 7.74. The maximum absolute atomic E-state index is 12.7. The van der Waals surface area contributed by atoms with E-state index in [1.807, 2.05) is 31.2 Å². The van der Waals surface area contributed by atoms with Crippen LogP contribution < -0.4 is 4.90 Å². The quantitative estimate of drug-likeness (QED) is 0.376. The van der Waals surface area contributed by atoms with Crippen molar-refractivity contribution in [2.45, 2.75) is 13.3 Å². The molecule has 0 spiro atoms. The first-order valence-electron chi connectivity index (χ1n) is 9.22. The van der Waals surface area contributed by atoms with Crippen molar-refractivity contribution < 1.29 is 9.59 Å². The van der Waals surface area contributed by atoms with Gasteiger partial charge in [-0.25, -0.2) is 4.68 Å². The van der Waals surface area contributed by atoms with E-state index in [0.717, 1.165) is 5.69 Å². The van der Waals surface area contributed by atoms with Crippen LogP contribution in [0.1, 0.15) is 23.7 Å². The molecule has 3 aromatic rings. The molecule has 0 saturated carbocycles. The highest BCUT2D eigenvalue weighted by atomic mass is 35.5. The molecule has 1 aromatic carbocycles. The van der Waals surface area contributed by atoms with Gasteiger partial charge in [0.2, 0.25) is 5.91 Å². The Labute approximate surface area is 178 Å². The number of pyridine rings is 1. The third-order valence-corrected chi connectivity index (χ3v) is 5.49. The van der Waals surface area contributed by atoms with Gasteiger partial charge in [0, 0.05) is 30.5 Å². The molecule has 0 unspecified atom stereocenters. The van der Waals surface area contributed by atoms with Gasteiger partial charge in [-0.1, -0.05) is 41.9 Å². The first kappa shape index (κ1) is 21.1. The van der Waals surface area contributed by atoms with Crippen molar-refractivity contribution in [1.82, 2.24) is 14.8 Å². The molecule has 0 radical (unpaired) electrons. The highest BCUT2D eigenvalue weighted by molar-refractivity contribution is 8.00. The molecular weight excluding hydrogens is 408 g/mol. The number of nitrogens with zero attached hydrogens (tertiary/aromatic N) is 4. The van der Waals surface area contributed by atoms with Crippen LogP contribution in [0.2, 0.25) is 5.15 Å². The number of anilines is 1. The van der Waals surface area contributed by atoms with Gasteiger partial charge < -0.3 is 4.90 Å². The van der Waals surface area contributed by atoms with E-state index >= 15 is 0 Å². The van der Waals surface area contributed by atoms with Crippen molar-refractivity contribution in [2.24, 2.45) is 0 Å². The Bertz CT molecular complexity index is 963. The number of carbonyl (C=O) groups is 2. The van der Waals surface area contributed by atoms with Crippen molar-refractivity contribution in [3.8, 4) is 5.69 Å². The van der Waals surface area contributed by atoms with E-state index in [1.54, 1.807) is 46.4 Å². The minimum absolute atomic E-state index is 0.0557. The molecule has 0 bridgehead atoms. The molecule has 29 heavy (non-hydrogen) atoms. The van der Waals surface area contributed by atoms with Crippen molar-refractivity contribution in [3.05, 3.63) is 71.8 Å². The summed E-state index contributed by atoms with van der Waals surface area (Å²) in [4.78, 5) is 30.5. The summed E-state index contributed by atoms with van der Waals surface area (Å²) in [6.07, 6.45) is 5.39.